The van der Waals surface area contributed by atoms with Crippen LogP contribution in [-0.4, -0.2) is 28.6 Å². The standard InChI is InChI=1S/C10H12N2O5/c1-6-2-3-7(12(15)16)8(4-6)17-9(5-11)10(13)14/h2-4,9H,5,11H2,1H3,(H,13,14). The Morgan fingerprint density at radius 3 is 2.76 bits per heavy atom. The first-order chi connectivity index (χ1) is 7.95. The molecule has 0 saturated carbocycles. The van der Waals surface area contributed by atoms with Gasteiger partial charge >= 0.3 is 11.7 Å². The topological polar surface area (TPSA) is 116 Å². The number of nitro benzene ring substituents is 1. The maximum absolute atomic E-state index is 10.7. The zero-order valence-corrected chi connectivity index (χ0v) is 9.12. The molecule has 1 unspecified atom stereocenters. The Kier molecular flexibility index (Phi) is 4.00. The molecule has 0 bridgehead atoms. The lowest BCUT2D eigenvalue weighted by Crippen LogP contribution is -2.34. The molecule has 0 aromatic heterocycles. The van der Waals surface area contributed by atoms with E-state index in [1.165, 1.54) is 12.1 Å². The van der Waals surface area contributed by atoms with E-state index in [9.17, 15) is 14.9 Å². The van der Waals surface area contributed by atoms with Crippen molar-refractivity contribution < 1.29 is 19.6 Å². The number of nitrogens with two attached hydrogens (primary N) is 1. The van der Waals surface area contributed by atoms with Crippen molar-refractivity contribution >= 4 is 11.7 Å². The number of nitrogens with zero attached hydrogens (tertiary/aromatic N) is 1. The van der Waals surface area contributed by atoms with Crippen LogP contribution >= 0.6 is 0 Å². The molecule has 0 fully saturated rings. The summed E-state index contributed by atoms with van der Waals surface area (Å²) in [5.41, 5.74) is 5.66. The first-order valence-electron chi connectivity index (χ1n) is 4.80. The Balaban J connectivity index is 3.07. The van der Waals surface area contributed by atoms with Crippen molar-refractivity contribution in [3.8, 4) is 5.75 Å². The SMILES string of the molecule is Cc1ccc([N+](=O)[O-])c(OC(CN)C(=O)O)c1. The summed E-state index contributed by atoms with van der Waals surface area (Å²) in [4.78, 5) is 20.8. The molecule has 1 atom stereocenters. The average Bonchev–Trinajstić information content (AvgIpc) is 2.25. The summed E-state index contributed by atoms with van der Waals surface area (Å²) in [5, 5.41) is 19.5. The van der Waals surface area contributed by atoms with Crippen molar-refractivity contribution in [3.63, 3.8) is 0 Å². The third-order valence-electron chi connectivity index (χ3n) is 2.07. The maximum atomic E-state index is 10.7. The van der Waals surface area contributed by atoms with Crippen molar-refractivity contribution in [2.75, 3.05) is 6.54 Å². The number of aryl methyl sites for hydroxylation is 1. The number of carboxylic acids is 1. The molecule has 7 nitrogen and oxygen atoms in total. The van der Waals surface area contributed by atoms with Crippen molar-refractivity contribution in [2.45, 2.75) is 13.0 Å². The van der Waals surface area contributed by atoms with E-state index in [1.54, 1.807) is 13.0 Å². The Morgan fingerprint density at radius 1 is 1.65 bits per heavy atom. The summed E-state index contributed by atoms with van der Waals surface area (Å²) in [6.07, 6.45) is -1.30. The second kappa shape index (κ2) is 5.26. The summed E-state index contributed by atoms with van der Waals surface area (Å²) in [6.45, 7) is 1.45. The molecule has 0 heterocycles. The molecule has 17 heavy (non-hydrogen) atoms. The monoisotopic (exact) mass is 240 g/mol. The number of aliphatic carboxylic acids is 1. The van der Waals surface area contributed by atoms with Gasteiger partial charge in [0.15, 0.2) is 5.75 Å². The predicted molar refractivity (Wildman–Crippen MR) is 58.9 cm³/mol. The van der Waals surface area contributed by atoms with Gasteiger partial charge < -0.3 is 15.6 Å². The summed E-state index contributed by atoms with van der Waals surface area (Å²) >= 11 is 0. The molecule has 7 heteroatoms. The second-order valence-electron chi connectivity index (χ2n) is 3.41. The van der Waals surface area contributed by atoms with Gasteiger partial charge in [0.25, 0.3) is 0 Å². The van der Waals surface area contributed by atoms with E-state index in [0.717, 1.165) is 5.56 Å². The van der Waals surface area contributed by atoms with Gasteiger partial charge in [-0.3, -0.25) is 10.1 Å². The molecule has 0 saturated heterocycles. The highest BCUT2D eigenvalue weighted by atomic mass is 16.6. The van der Waals surface area contributed by atoms with E-state index in [-0.39, 0.29) is 18.0 Å². The van der Waals surface area contributed by atoms with Crippen LogP contribution in [0.25, 0.3) is 0 Å². The molecule has 92 valence electrons. The number of ether oxygens (including phenoxy) is 1. The van der Waals surface area contributed by atoms with Gasteiger partial charge in [-0.2, -0.15) is 0 Å². The van der Waals surface area contributed by atoms with Crippen LogP contribution in [0.4, 0.5) is 5.69 Å². The van der Waals surface area contributed by atoms with E-state index in [2.05, 4.69) is 0 Å². The highest BCUT2D eigenvalue weighted by molar-refractivity contribution is 5.73. The molecule has 0 aliphatic carbocycles. The molecule has 0 amide bonds. The van der Waals surface area contributed by atoms with Crippen molar-refractivity contribution in [1.29, 1.82) is 0 Å². The molecule has 0 aliphatic heterocycles. The molecule has 1 aromatic carbocycles. The van der Waals surface area contributed by atoms with Crippen LogP contribution in [0.1, 0.15) is 5.56 Å². The Hall–Kier alpha value is -2.15. The van der Waals surface area contributed by atoms with Gasteiger partial charge in [-0.05, 0) is 18.6 Å². The van der Waals surface area contributed by atoms with E-state index in [1.807, 2.05) is 0 Å². The van der Waals surface area contributed by atoms with Gasteiger partial charge in [0.05, 0.1) is 4.92 Å². The fraction of sp³-hybridized carbons (Fsp3) is 0.300. The highest BCUT2D eigenvalue weighted by Gasteiger charge is 2.22. The Morgan fingerprint density at radius 2 is 2.29 bits per heavy atom. The first kappa shape index (κ1) is 12.9. The molecule has 1 aromatic rings. The minimum atomic E-state index is -1.30. The lowest BCUT2D eigenvalue weighted by atomic mass is 10.2. The lowest BCUT2D eigenvalue weighted by molar-refractivity contribution is -0.386. The van der Waals surface area contributed by atoms with Crippen molar-refractivity contribution in [1.82, 2.24) is 0 Å². The second-order valence-corrected chi connectivity index (χ2v) is 3.41. The molecule has 0 spiro atoms. The molecular weight excluding hydrogens is 228 g/mol. The number of nitro groups is 1. The van der Waals surface area contributed by atoms with Crippen LogP contribution in [0.15, 0.2) is 18.2 Å². The Labute approximate surface area is 97.0 Å². The van der Waals surface area contributed by atoms with Crippen molar-refractivity contribution in [2.24, 2.45) is 5.73 Å². The quantitative estimate of drug-likeness (QED) is 0.578. The number of rotatable bonds is 5. The van der Waals surface area contributed by atoms with Crippen LogP contribution in [0, 0.1) is 17.0 Å². The van der Waals surface area contributed by atoms with Gasteiger partial charge in [-0.1, -0.05) is 6.07 Å². The van der Waals surface area contributed by atoms with Crippen LogP contribution in [0.2, 0.25) is 0 Å². The summed E-state index contributed by atoms with van der Waals surface area (Å²) in [7, 11) is 0. The summed E-state index contributed by atoms with van der Waals surface area (Å²) < 4.78 is 5.03. The molecule has 1 rings (SSSR count). The molecule has 0 aliphatic rings. The third kappa shape index (κ3) is 3.15. The minimum Gasteiger partial charge on any atom is -0.478 e. The zero-order valence-electron chi connectivity index (χ0n) is 9.12. The first-order valence-corrected chi connectivity index (χ1v) is 4.80. The fourth-order valence-corrected chi connectivity index (χ4v) is 1.22. The molecule has 3 N–H and O–H groups in total. The molecule has 0 radical (unpaired) electrons. The van der Waals surface area contributed by atoms with Crippen LogP contribution in [0.5, 0.6) is 5.75 Å². The number of carboxylic acid groups (broad SMARTS) is 1. The number of carbonyl (C=O) groups is 1. The van der Waals surface area contributed by atoms with Gasteiger partial charge in [0.1, 0.15) is 0 Å². The van der Waals surface area contributed by atoms with Gasteiger partial charge in [-0.25, -0.2) is 4.79 Å². The number of hydrogen-bond donors (Lipinski definition) is 2. The van der Waals surface area contributed by atoms with Gasteiger partial charge in [-0.15, -0.1) is 0 Å². The van der Waals surface area contributed by atoms with Crippen molar-refractivity contribution in [3.05, 3.63) is 33.9 Å². The number of benzene rings is 1. The lowest BCUT2D eigenvalue weighted by Gasteiger charge is -2.13. The van der Waals surface area contributed by atoms with E-state index in [4.69, 9.17) is 15.6 Å². The zero-order chi connectivity index (χ0) is 13.0. The summed E-state index contributed by atoms with van der Waals surface area (Å²) in [5.74, 6) is -1.35. The van der Waals surface area contributed by atoms with E-state index >= 15 is 0 Å². The predicted octanol–water partition coefficient (Wildman–Crippen LogP) is 0.694. The number of hydrogen-bond acceptors (Lipinski definition) is 5. The van der Waals surface area contributed by atoms with Crippen LogP contribution < -0.4 is 10.5 Å². The van der Waals surface area contributed by atoms with E-state index < -0.39 is 17.0 Å². The summed E-state index contributed by atoms with van der Waals surface area (Å²) in [6, 6.07) is 4.22. The van der Waals surface area contributed by atoms with Gasteiger partial charge in [0.2, 0.25) is 6.10 Å². The smallest absolute Gasteiger partial charge is 0.346 e. The third-order valence-corrected chi connectivity index (χ3v) is 2.07. The molecular formula is C10H12N2O5. The largest absolute Gasteiger partial charge is 0.478 e. The van der Waals surface area contributed by atoms with Crippen LogP contribution in [0.3, 0.4) is 0 Å². The fourth-order valence-electron chi connectivity index (χ4n) is 1.22. The normalized spacial score (nSPS) is 11.9. The maximum Gasteiger partial charge on any atom is 0.346 e. The minimum absolute atomic E-state index is 0.0900. The average molecular weight is 240 g/mol. The Bertz CT molecular complexity index is 446. The highest BCUT2D eigenvalue weighted by Crippen LogP contribution is 2.28. The van der Waals surface area contributed by atoms with Gasteiger partial charge in [0, 0.05) is 12.6 Å². The van der Waals surface area contributed by atoms with Crippen LogP contribution in [-0.2, 0) is 4.79 Å². The van der Waals surface area contributed by atoms with E-state index in [0.29, 0.717) is 0 Å².